The number of nitrogens with two attached hydrogens (primary N) is 1. The number of amides is 2. The van der Waals surface area contributed by atoms with E-state index >= 15 is 0 Å². The molecule has 0 radical (unpaired) electrons. The predicted molar refractivity (Wildman–Crippen MR) is 156 cm³/mol. The smallest absolute Gasteiger partial charge is 0.355 e. The van der Waals surface area contributed by atoms with Crippen LogP contribution in [0.15, 0.2) is 48.5 Å². The van der Waals surface area contributed by atoms with Crippen LogP contribution in [-0.2, 0) is 25.5 Å². The number of rotatable bonds is 10. The lowest BCUT2D eigenvalue weighted by molar-refractivity contribution is -0.121. The Morgan fingerprint density at radius 1 is 1.10 bits per heavy atom. The number of ether oxygens (including phenoxy) is 2. The van der Waals surface area contributed by atoms with Gasteiger partial charge in [0.1, 0.15) is 11.3 Å². The third-order valence-corrected chi connectivity index (χ3v) is 6.60. The minimum Gasteiger partial charge on any atom is -0.455 e. The highest BCUT2D eigenvalue weighted by Crippen LogP contribution is 2.23. The summed E-state index contributed by atoms with van der Waals surface area (Å²) in [7, 11) is 0. The predicted octanol–water partition coefficient (Wildman–Crippen LogP) is 3.32. The molecule has 2 amide bonds. The van der Waals surface area contributed by atoms with Gasteiger partial charge in [0.25, 0.3) is 0 Å². The molecule has 2 aromatic carbocycles. The maximum Gasteiger partial charge on any atom is 0.355 e. The van der Waals surface area contributed by atoms with Crippen LogP contribution in [-0.4, -0.2) is 78.7 Å². The number of anilines is 2. The molecule has 1 aromatic heterocycles. The molecule has 1 fully saturated rings. The van der Waals surface area contributed by atoms with Crippen LogP contribution in [0.25, 0.3) is 10.9 Å². The number of fused-ring (bicyclic) bond motifs is 1. The average Bonchev–Trinajstić information content (AvgIpc) is 3.32. The molecular weight excluding hydrogens is 510 g/mol. The second-order valence-corrected chi connectivity index (χ2v) is 11.0. The summed E-state index contributed by atoms with van der Waals surface area (Å²) in [5.41, 5.74) is 9.04. The molecule has 1 aliphatic heterocycles. The van der Waals surface area contributed by atoms with Crippen molar-refractivity contribution in [2.75, 3.05) is 49.6 Å². The monoisotopic (exact) mass is 549 g/mol. The number of piperazine rings is 1. The number of hydrogen-bond acceptors (Lipinski definition) is 7. The standard InChI is InChI=1S/C30H39N5O5/c1-5-39-15-14-34-12-13-35(27(36)19-34)23-9-6-20(7-10-23)16-24(31)28(37)32-22-8-11-25-21(17-22)18-26(33-25)29(38)40-30(2,3)4/h6-11,17-18,24,33H,5,12-16,19,31H2,1-4H3,(H,32,37)/t24-/m0/s1. The van der Waals surface area contributed by atoms with Crippen molar-refractivity contribution >= 4 is 40.1 Å². The fourth-order valence-corrected chi connectivity index (χ4v) is 4.57. The second-order valence-electron chi connectivity index (χ2n) is 11.0. The summed E-state index contributed by atoms with van der Waals surface area (Å²) in [6.45, 7) is 11.2. The maximum atomic E-state index is 12.8. The van der Waals surface area contributed by atoms with Gasteiger partial charge in [-0.15, -0.1) is 0 Å². The van der Waals surface area contributed by atoms with Crippen LogP contribution in [0.2, 0.25) is 0 Å². The van der Waals surface area contributed by atoms with Crippen molar-refractivity contribution in [2.45, 2.75) is 45.8 Å². The SMILES string of the molecule is CCOCCN1CCN(c2ccc(C[C@H](N)C(=O)Nc3ccc4[nH]c(C(=O)OC(C)(C)C)cc4c3)cc2)C(=O)C1. The Bertz CT molecular complexity index is 1340. The first kappa shape index (κ1) is 29.3. The quantitative estimate of drug-likeness (QED) is 0.261. The van der Waals surface area contributed by atoms with Gasteiger partial charge in [0.2, 0.25) is 11.8 Å². The molecule has 1 atom stereocenters. The largest absolute Gasteiger partial charge is 0.455 e. The molecule has 40 heavy (non-hydrogen) atoms. The van der Waals surface area contributed by atoms with Crippen molar-refractivity contribution < 1.29 is 23.9 Å². The van der Waals surface area contributed by atoms with Gasteiger partial charge in [-0.3, -0.25) is 14.5 Å². The topological polar surface area (TPSA) is 130 Å². The lowest BCUT2D eigenvalue weighted by atomic mass is 10.0. The van der Waals surface area contributed by atoms with E-state index in [0.717, 1.165) is 35.2 Å². The molecule has 0 bridgehead atoms. The van der Waals surface area contributed by atoms with E-state index in [9.17, 15) is 14.4 Å². The maximum absolute atomic E-state index is 12.8. The van der Waals surface area contributed by atoms with E-state index in [1.807, 2.05) is 52.0 Å². The molecule has 214 valence electrons. The number of aromatic nitrogens is 1. The Morgan fingerprint density at radius 3 is 2.52 bits per heavy atom. The lowest BCUT2D eigenvalue weighted by Gasteiger charge is -2.34. The third-order valence-electron chi connectivity index (χ3n) is 6.60. The van der Waals surface area contributed by atoms with E-state index < -0.39 is 17.6 Å². The molecule has 4 rings (SSSR count). The molecule has 10 nitrogen and oxygen atoms in total. The fourth-order valence-electron chi connectivity index (χ4n) is 4.57. The zero-order valence-electron chi connectivity index (χ0n) is 23.7. The number of hydrogen-bond donors (Lipinski definition) is 3. The van der Waals surface area contributed by atoms with Gasteiger partial charge < -0.3 is 30.4 Å². The van der Waals surface area contributed by atoms with E-state index in [1.54, 1.807) is 29.2 Å². The van der Waals surface area contributed by atoms with Crippen molar-refractivity contribution in [3.05, 3.63) is 59.8 Å². The molecular formula is C30H39N5O5. The van der Waals surface area contributed by atoms with Gasteiger partial charge in [0.15, 0.2) is 0 Å². The molecule has 0 saturated carbocycles. The number of benzene rings is 2. The van der Waals surface area contributed by atoms with E-state index in [4.69, 9.17) is 15.2 Å². The molecule has 1 saturated heterocycles. The highest BCUT2D eigenvalue weighted by atomic mass is 16.6. The summed E-state index contributed by atoms with van der Waals surface area (Å²) in [6, 6.07) is 13.9. The van der Waals surface area contributed by atoms with Crippen LogP contribution in [0.4, 0.5) is 11.4 Å². The molecule has 10 heteroatoms. The van der Waals surface area contributed by atoms with Gasteiger partial charge in [-0.05, 0) is 76.1 Å². The Hall–Kier alpha value is -3.73. The molecule has 0 unspecified atom stereocenters. The van der Waals surface area contributed by atoms with Crippen molar-refractivity contribution in [2.24, 2.45) is 5.73 Å². The fraction of sp³-hybridized carbons (Fsp3) is 0.433. The summed E-state index contributed by atoms with van der Waals surface area (Å²) in [5.74, 6) is -0.694. The van der Waals surface area contributed by atoms with Crippen molar-refractivity contribution in [3.8, 4) is 0 Å². The normalized spacial score (nSPS) is 15.3. The Kier molecular flexibility index (Phi) is 9.24. The highest BCUT2D eigenvalue weighted by molar-refractivity contribution is 5.99. The van der Waals surface area contributed by atoms with Crippen LogP contribution in [0.3, 0.4) is 0 Å². The number of H-pyrrole nitrogens is 1. The summed E-state index contributed by atoms with van der Waals surface area (Å²) >= 11 is 0. The van der Waals surface area contributed by atoms with E-state index in [0.29, 0.717) is 44.1 Å². The van der Waals surface area contributed by atoms with Gasteiger partial charge in [-0.25, -0.2) is 4.79 Å². The zero-order valence-corrected chi connectivity index (χ0v) is 23.7. The zero-order chi connectivity index (χ0) is 28.9. The van der Waals surface area contributed by atoms with Gasteiger partial charge >= 0.3 is 5.97 Å². The Labute approximate surface area is 234 Å². The first-order valence-corrected chi connectivity index (χ1v) is 13.6. The number of carbonyl (C=O) groups excluding carboxylic acids is 3. The minimum absolute atomic E-state index is 0.0594. The van der Waals surface area contributed by atoms with Gasteiger partial charge in [0.05, 0.1) is 19.2 Å². The summed E-state index contributed by atoms with van der Waals surface area (Å²) in [4.78, 5) is 44.8. The summed E-state index contributed by atoms with van der Waals surface area (Å²) < 4.78 is 10.8. The summed E-state index contributed by atoms with van der Waals surface area (Å²) in [5, 5.41) is 3.63. The first-order chi connectivity index (χ1) is 19.0. The van der Waals surface area contributed by atoms with Crippen LogP contribution >= 0.6 is 0 Å². The molecule has 4 N–H and O–H groups in total. The first-order valence-electron chi connectivity index (χ1n) is 13.6. The second kappa shape index (κ2) is 12.6. The molecule has 0 aliphatic carbocycles. The molecule has 3 aromatic rings. The van der Waals surface area contributed by atoms with Crippen LogP contribution in [0.5, 0.6) is 0 Å². The average molecular weight is 550 g/mol. The molecule has 2 heterocycles. The van der Waals surface area contributed by atoms with E-state index in [1.165, 1.54) is 0 Å². The third kappa shape index (κ3) is 7.68. The minimum atomic E-state index is -0.763. The molecule has 1 aliphatic rings. The van der Waals surface area contributed by atoms with Crippen molar-refractivity contribution in [1.29, 1.82) is 0 Å². The number of nitrogens with one attached hydrogen (secondary N) is 2. The Morgan fingerprint density at radius 2 is 1.85 bits per heavy atom. The van der Waals surface area contributed by atoms with Crippen molar-refractivity contribution in [1.82, 2.24) is 9.88 Å². The van der Waals surface area contributed by atoms with Crippen molar-refractivity contribution in [3.63, 3.8) is 0 Å². The number of esters is 1. The summed E-state index contributed by atoms with van der Waals surface area (Å²) in [6.07, 6.45) is 0.348. The number of nitrogens with zero attached hydrogens (tertiary/aromatic N) is 2. The van der Waals surface area contributed by atoms with E-state index in [2.05, 4.69) is 15.2 Å². The van der Waals surface area contributed by atoms with Gasteiger partial charge in [-0.1, -0.05) is 12.1 Å². The van der Waals surface area contributed by atoms with Crippen LogP contribution in [0.1, 0.15) is 43.7 Å². The van der Waals surface area contributed by atoms with Crippen LogP contribution < -0.4 is 16.0 Å². The highest BCUT2D eigenvalue weighted by Gasteiger charge is 2.25. The lowest BCUT2D eigenvalue weighted by Crippen LogP contribution is -2.51. The van der Waals surface area contributed by atoms with Gasteiger partial charge in [0, 0.05) is 48.5 Å². The van der Waals surface area contributed by atoms with Gasteiger partial charge in [-0.2, -0.15) is 0 Å². The molecule has 0 spiro atoms. The number of aromatic amines is 1. The van der Waals surface area contributed by atoms with Crippen LogP contribution in [0, 0.1) is 0 Å². The Balaban J connectivity index is 1.31. The van der Waals surface area contributed by atoms with E-state index in [-0.39, 0.29) is 11.8 Å². The number of carbonyl (C=O) groups is 3.